The Bertz CT molecular complexity index is 1010. The largest absolute Gasteiger partial charge is 0.489 e. The minimum absolute atomic E-state index is 0.115. The second-order valence-corrected chi connectivity index (χ2v) is 10.4. The lowest BCUT2D eigenvalue weighted by molar-refractivity contribution is -0.135. The third kappa shape index (κ3) is 4.66. The molecular weight excluding hydrogens is 408 g/mol. The number of carbonyl (C=O) groups is 2. The summed E-state index contributed by atoms with van der Waals surface area (Å²) in [6, 6.07) is 7.01. The van der Waals surface area contributed by atoms with Crippen LogP contribution in [-0.2, 0) is 16.1 Å². The van der Waals surface area contributed by atoms with E-state index in [1.54, 1.807) is 24.3 Å². The molecule has 172 valence electrons. The van der Waals surface area contributed by atoms with E-state index in [0.717, 1.165) is 37.1 Å². The smallest absolute Gasteiger partial charge is 0.338 e. The fourth-order valence-electron chi connectivity index (χ4n) is 5.62. The van der Waals surface area contributed by atoms with Crippen LogP contribution >= 0.6 is 0 Å². The molecule has 0 N–H and O–H groups in total. The lowest BCUT2D eigenvalue weighted by Crippen LogP contribution is -2.39. The molecule has 7 heteroatoms. The van der Waals surface area contributed by atoms with Gasteiger partial charge in [0.25, 0.3) is 5.91 Å². The number of rotatable bonds is 6. The lowest BCUT2D eigenvalue weighted by atomic mass is 9.65. The van der Waals surface area contributed by atoms with E-state index in [2.05, 4.69) is 25.9 Å². The van der Waals surface area contributed by atoms with Crippen molar-refractivity contribution in [1.82, 2.24) is 10.1 Å². The van der Waals surface area contributed by atoms with Crippen LogP contribution in [0.25, 0.3) is 0 Å². The van der Waals surface area contributed by atoms with E-state index in [-0.39, 0.29) is 29.4 Å². The first-order valence-corrected chi connectivity index (χ1v) is 11.2. The minimum atomic E-state index is -0.533. The molecule has 1 amide bonds. The number of aryl methyl sites for hydroxylation is 2. The highest BCUT2D eigenvalue weighted by Gasteiger charge is 2.50. The average Bonchev–Trinajstić information content (AvgIpc) is 3.18. The number of aromatic nitrogens is 1. The van der Waals surface area contributed by atoms with Crippen molar-refractivity contribution in [2.24, 2.45) is 10.8 Å². The molecule has 32 heavy (non-hydrogen) atoms. The fraction of sp³-hybridized carbons (Fsp3) is 0.560. The van der Waals surface area contributed by atoms with Crippen LogP contribution in [0, 0.1) is 24.7 Å². The number of likely N-dealkylation sites (tertiary alicyclic amines) is 1. The number of ether oxygens (including phenoxy) is 2. The number of carbonyl (C=O) groups excluding carboxylic acids is 2. The highest BCUT2D eigenvalue weighted by atomic mass is 16.5. The zero-order valence-electron chi connectivity index (χ0n) is 19.6. The third-order valence-corrected chi connectivity index (χ3v) is 6.70. The molecule has 7 nitrogen and oxygen atoms in total. The molecule has 0 radical (unpaired) electrons. The second-order valence-electron chi connectivity index (χ2n) is 10.4. The summed E-state index contributed by atoms with van der Waals surface area (Å²) >= 11 is 0. The summed E-state index contributed by atoms with van der Waals surface area (Å²) < 4.78 is 16.3. The quantitative estimate of drug-likeness (QED) is 0.617. The first-order chi connectivity index (χ1) is 15.1. The zero-order chi connectivity index (χ0) is 23.1. The summed E-state index contributed by atoms with van der Waals surface area (Å²) in [5.74, 6) is 0.597. The van der Waals surface area contributed by atoms with Gasteiger partial charge in [-0.05, 0) is 62.1 Å². The van der Waals surface area contributed by atoms with Gasteiger partial charge >= 0.3 is 5.97 Å². The summed E-state index contributed by atoms with van der Waals surface area (Å²) in [4.78, 5) is 27.4. The molecule has 0 spiro atoms. The van der Waals surface area contributed by atoms with Gasteiger partial charge < -0.3 is 18.9 Å². The standard InChI is InChI=1S/C25H32N2O5/c1-16-21(17(2)32-26-16)12-30-20-8-6-7-18(9-20)23(29)31-13-22(28)27-15-25(5)11-19(27)10-24(3,4)14-25/h6-9,19H,10-15H2,1-5H3. The van der Waals surface area contributed by atoms with E-state index in [1.807, 2.05) is 18.7 Å². The van der Waals surface area contributed by atoms with E-state index in [4.69, 9.17) is 14.0 Å². The Labute approximate surface area is 189 Å². The van der Waals surface area contributed by atoms with E-state index in [0.29, 0.717) is 23.7 Å². The molecule has 1 aliphatic carbocycles. The van der Waals surface area contributed by atoms with Crippen molar-refractivity contribution < 1.29 is 23.6 Å². The average molecular weight is 441 g/mol. The predicted molar refractivity (Wildman–Crippen MR) is 118 cm³/mol. The number of hydrogen-bond acceptors (Lipinski definition) is 6. The van der Waals surface area contributed by atoms with Crippen LogP contribution in [-0.4, -0.2) is 41.1 Å². The van der Waals surface area contributed by atoms with Crippen molar-refractivity contribution >= 4 is 11.9 Å². The fourth-order valence-corrected chi connectivity index (χ4v) is 5.62. The molecule has 2 unspecified atom stereocenters. The van der Waals surface area contributed by atoms with E-state index >= 15 is 0 Å². The van der Waals surface area contributed by atoms with Crippen molar-refractivity contribution in [3.05, 3.63) is 46.8 Å². The van der Waals surface area contributed by atoms with Crippen molar-refractivity contribution in [2.45, 2.75) is 66.5 Å². The number of benzene rings is 1. The molecule has 1 aromatic carbocycles. The summed E-state index contributed by atoms with van der Waals surface area (Å²) in [6.45, 7) is 11.3. The molecule has 2 aromatic rings. The Morgan fingerprint density at radius 1 is 1.22 bits per heavy atom. The van der Waals surface area contributed by atoms with Gasteiger partial charge in [-0.2, -0.15) is 0 Å². The van der Waals surface area contributed by atoms with Crippen molar-refractivity contribution in [3.8, 4) is 5.75 Å². The Kier molecular flexibility index (Phi) is 5.77. The number of fused-ring (bicyclic) bond motifs is 2. The van der Waals surface area contributed by atoms with Gasteiger partial charge in [0, 0.05) is 12.6 Å². The number of amides is 1. The summed E-state index contributed by atoms with van der Waals surface area (Å²) in [7, 11) is 0. The van der Waals surface area contributed by atoms with Crippen LogP contribution in [0.1, 0.15) is 67.4 Å². The molecular formula is C25H32N2O5. The summed E-state index contributed by atoms with van der Waals surface area (Å²) in [5, 5.41) is 3.91. The Morgan fingerprint density at radius 2 is 2.00 bits per heavy atom. The van der Waals surface area contributed by atoms with Gasteiger partial charge in [0.2, 0.25) is 0 Å². The van der Waals surface area contributed by atoms with E-state index in [9.17, 15) is 9.59 Å². The number of esters is 1. The molecule has 2 atom stereocenters. The van der Waals surface area contributed by atoms with Gasteiger partial charge in [-0.3, -0.25) is 4.79 Å². The van der Waals surface area contributed by atoms with Crippen LogP contribution in [0.2, 0.25) is 0 Å². The molecule has 1 aliphatic heterocycles. The molecule has 2 heterocycles. The van der Waals surface area contributed by atoms with Gasteiger partial charge in [-0.1, -0.05) is 32.0 Å². The Balaban J connectivity index is 1.33. The minimum Gasteiger partial charge on any atom is -0.489 e. The third-order valence-electron chi connectivity index (χ3n) is 6.70. The van der Waals surface area contributed by atoms with Crippen LogP contribution in [0.4, 0.5) is 0 Å². The van der Waals surface area contributed by atoms with Crippen LogP contribution in [0.15, 0.2) is 28.8 Å². The summed E-state index contributed by atoms with van der Waals surface area (Å²) in [6.07, 6.45) is 3.13. The first kappa shape index (κ1) is 22.4. The second kappa shape index (κ2) is 8.26. The van der Waals surface area contributed by atoms with Crippen molar-refractivity contribution in [3.63, 3.8) is 0 Å². The van der Waals surface area contributed by atoms with Crippen LogP contribution in [0.5, 0.6) is 5.75 Å². The molecule has 1 aromatic heterocycles. The van der Waals surface area contributed by atoms with Crippen molar-refractivity contribution in [1.29, 1.82) is 0 Å². The van der Waals surface area contributed by atoms with Crippen LogP contribution in [0.3, 0.4) is 0 Å². The Morgan fingerprint density at radius 3 is 2.72 bits per heavy atom. The molecule has 2 aliphatic rings. The molecule has 1 saturated heterocycles. The maximum Gasteiger partial charge on any atom is 0.338 e. The predicted octanol–water partition coefficient (Wildman–Crippen LogP) is 4.45. The van der Waals surface area contributed by atoms with Crippen molar-refractivity contribution in [2.75, 3.05) is 13.2 Å². The first-order valence-electron chi connectivity index (χ1n) is 11.2. The van der Waals surface area contributed by atoms with Gasteiger partial charge in [0.05, 0.1) is 16.8 Å². The van der Waals surface area contributed by atoms with Gasteiger partial charge in [0.15, 0.2) is 6.61 Å². The van der Waals surface area contributed by atoms with Crippen LogP contribution < -0.4 is 4.74 Å². The van der Waals surface area contributed by atoms with Gasteiger partial charge in [-0.25, -0.2) is 4.79 Å². The van der Waals surface area contributed by atoms with E-state index in [1.165, 1.54) is 0 Å². The molecule has 4 rings (SSSR count). The highest BCUT2D eigenvalue weighted by molar-refractivity contribution is 5.91. The highest BCUT2D eigenvalue weighted by Crippen LogP contribution is 2.52. The maximum absolute atomic E-state index is 12.9. The SMILES string of the molecule is Cc1noc(C)c1COc1cccc(C(=O)OCC(=O)N2CC3(C)CC2CC(C)(C)C3)c1. The van der Waals surface area contributed by atoms with Gasteiger partial charge in [-0.15, -0.1) is 0 Å². The zero-order valence-corrected chi connectivity index (χ0v) is 19.6. The normalized spacial score (nSPS) is 23.8. The van der Waals surface area contributed by atoms with Gasteiger partial charge in [0.1, 0.15) is 18.1 Å². The topological polar surface area (TPSA) is 81.9 Å². The number of nitrogens with zero attached hydrogens (tertiary/aromatic N) is 2. The Hall–Kier alpha value is -2.83. The molecule has 2 fully saturated rings. The molecule has 2 bridgehead atoms. The summed E-state index contributed by atoms with van der Waals surface area (Å²) in [5.41, 5.74) is 2.39. The number of hydrogen-bond donors (Lipinski definition) is 0. The van der Waals surface area contributed by atoms with E-state index < -0.39 is 5.97 Å². The molecule has 1 saturated carbocycles. The monoisotopic (exact) mass is 440 g/mol. The lowest BCUT2D eigenvalue weighted by Gasteiger charge is -2.39. The maximum atomic E-state index is 12.9.